The quantitative estimate of drug-likeness (QED) is 0.551. The fourth-order valence-electron chi connectivity index (χ4n) is 7.54. The first kappa shape index (κ1) is 24.9. The number of hydrogen-bond donors (Lipinski definition) is 3. The first-order valence-electron chi connectivity index (χ1n) is 13.1. The van der Waals surface area contributed by atoms with Gasteiger partial charge in [0.1, 0.15) is 5.75 Å². The van der Waals surface area contributed by atoms with Crippen molar-refractivity contribution in [1.82, 2.24) is 10.2 Å². The molecule has 7 heteroatoms. The van der Waals surface area contributed by atoms with Crippen molar-refractivity contribution in [3.8, 4) is 5.75 Å². The second-order valence-electron chi connectivity index (χ2n) is 11.0. The molecule has 1 heterocycles. The number of fused-ring (bicyclic) bond motifs is 3. The average molecular weight is 493 g/mol. The fraction of sp³-hybridized carbons (Fsp3) is 0.517. The summed E-state index contributed by atoms with van der Waals surface area (Å²) in [5.74, 6) is 0.515. The number of carbonyl (C=O) groups is 2. The van der Waals surface area contributed by atoms with Gasteiger partial charge in [-0.1, -0.05) is 36.4 Å². The van der Waals surface area contributed by atoms with E-state index in [-0.39, 0.29) is 17.9 Å². The summed E-state index contributed by atoms with van der Waals surface area (Å²) in [5, 5.41) is 15.0. The molecule has 0 spiro atoms. The van der Waals surface area contributed by atoms with Crippen molar-refractivity contribution in [2.24, 2.45) is 11.8 Å². The Balaban J connectivity index is 1.44. The highest BCUT2D eigenvalue weighted by molar-refractivity contribution is 5.91. The van der Waals surface area contributed by atoms with Gasteiger partial charge < -0.3 is 9.84 Å². The fourth-order valence-corrected chi connectivity index (χ4v) is 7.54. The number of rotatable bonds is 7. The summed E-state index contributed by atoms with van der Waals surface area (Å²) in [6.07, 6.45) is 4.51. The zero-order valence-corrected chi connectivity index (χ0v) is 21.3. The number of hydrogen-bond acceptors (Lipinski definition) is 5. The number of benzene rings is 2. The lowest BCUT2D eigenvalue weighted by atomic mass is 9.57. The molecule has 36 heavy (non-hydrogen) atoms. The van der Waals surface area contributed by atoms with Gasteiger partial charge in [0.2, 0.25) is 5.91 Å². The first-order valence-corrected chi connectivity index (χ1v) is 13.1. The third-order valence-corrected chi connectivity index (χ3v) is 9.05. The van der Waals surface area contributed by atoms with E-state index in [2.05, 4.69) is 53.2 Å². The Hall–Kier alpha value is -2.74. The van der Waals surface area contributed by atoms with Gasteiger partial charge in [0.15, 0.2) is 0 Å². The van der Waals surface area contributed by atoms with Crippen molar-refractivity contribution in [2.45, 2.75) is 62.5 Å². The number of urea groups is 1. The van der Waals surface area contributed by atoms with Crippen LogP contribution in [0, 0.1) is 18.8 Å². The number of quaternary nitrogens is 1. The molecule has 3 fully saturated rings. The number of likely N-dealkylation sites (tertiary alicyclic amines) is 1. The second-order valence-corrected chi connectivity index (χ2v) is 11.0. The van der Waals surface area contributed by atoms with Gasteiger partial charge in [0.25, 0.3) is 0 Å². The Labute approximate surface area is 213 Å². The van der Waals surface area contributed by atoms with Crippen molar-refractivity contribution < 1.29 is 25.2 Å². The van der Waals surface area contributed by atoms with Crippen LogP contribution < -0.4 is 15.8 Å². The van der Waals surface area contributed by atoms with Crippen LogP contribution in [0.5, 0.6) is 5.75 Å². The van der Waals surface area contributed by atoms with Crippen LogP contribution >= 0.6 is 0 Å². The molecule has 0 aromatic heterocycles. The van der Waals surface area contributed by atoms with E-state index in [0.717, 1.165) is 49.2 Å². The molecule has 0 bridgehead atoms. The summed E-state index contributed by atoms with van der Waals surface area (Å²) in [6.45, 7) is 4.00. The van der Waals surface area contributed by atoms with Crippen LogP contribution in [0.1, 0.15) is 48.8 Å². The van der Waals surface area contributed by atoms with E-state index >= 15 is 0 Å². The number of carbonyl (C=O) groups excluding carboxylic acids is 2. The number of aliphatic hydroxyl groups is 1. The molecular formula is C29H38N3O4+. The monoisotopic (exact) mass is 492 g/mol. The van der Waals surface area contributed by atoms with Gasteiger partial charge in [0.05, 0.1) is 12.7 Å². The summed E-state index contributed by atoms with van der Waals surface area (Å²) in [5.41, 5.74) is 5.32. The Morgan fingerprint density at radius 2 is 1.97 bits per heavy atom. The number of aryl methyl sites for hydroxylation is 2. The van der Waals surface area contributed by atoms with Crippen LogP contribution in [0.25, 0.3) is 0 Å². The van der Waals surface area contributed by atoms with Gasteiger partial charge in [-0.15, -0.1) is 0 Å². The van der Waals surface area contributed by atoms with Gasteiger partial charge >= 0.3 is 6.03 Å². The molecule has 2 aromatic rings. The molecular weight excluding hydrogens is 454 g/mol. The molecule has 2 saturated carbocycles. The van der Waals surface area contributed by atoms with Crippen LogP contribution in [0.15, 0.2) is 48.5 Å². The maximum absolute atomic E-state index is 12.9. The Bertz CT molecular complexity index is 1140. The number of imide groups is 1. The van der Waals surface area contributed by atoms with E-state index in [9.17, 15) is 14.7 Å². The molecule has 5 rings (SSSR count). The van der Waals surface area contributed by atoms with Crippen molar-refractivity contribution in [2.75, 3.05) is 20.2 Å². The van der Waals surface area contributed by atoms with E-state index < -0.39 is 17.0 Å². The maximum atomic E-state index is 12.9. The predicted molar refractivity (Wildman–Crippen MR) is 136 cm³/mol. The van der Waals surface area contributed by atoms with Gasteiger partial charge in [-0.2, -0.15) is 0 Å². The van der Waals surface area contributed by atoms with Crippen LogP contribution in [0.3, 0.4) is 0 Å². The molecule has 3 aliphatic rings. The lowest BCUT2D eigenvalue weighted by Crippen LogP contribution is -2.68. The molecule has 2 aliphatic carbocycles. The van der Waals surface area contributed by atoms with Crippen LogP contribution in [-0.2, 0) is 16.6 Å². The molecule has 5 atom stereocenters. The SMILES string of the molecule is COc1ccc(C)c([C@]23CC4CN(CCCc5ccccc5)[C@H]4[C@]2(O)CC[C@@H](C(=O)NC([NH3+])=O)C3)c1. The molecule has 5 N–H and O–H groups in total. The van der Waals surface area contributed by atoms with Crippen LogP contribution in [0.4, 0.5) is 4.79 Å². The zero-order chi connectivity index (χ0) is 25.5. The standard InChI is InChI=1S/C29H37N3O4/c1-19-10-11-23(36-2)15-24(19)28-16-21(26(33)31-27(30)34)12-13-29(28,35)25-22(17-28)18-32(25)14-6-9-20-7-4-3-5-8-20/h3-5,7-8,10-11,15,21-22,25,35H,6,9,12-14,16-18H2,1-2H3,(H3,30,31,33,34)/p+1/t21-,22?,25-,28+,29-/m1/s1. The molecule has 7 nitrogen and oxygen atoms in total. The lowest BCUT2D eigenvalue weighted by molar-refractivity contribution is -0.250. The Morgan fingerprint density at radius 3 is 2.69 bits per heavy atom. The Morgan fingerprint density at radius 1 is 1.19 bits per heavy atom. The minimum atomic E-state index is -0.939. The van der Waals surface area contributed by atoms with Crippen molar-refractivity contribution in [1.29, 1.82) is 0 Å². The van der Waals surface area contributed by atoms with E-state index in [1.165, 1.54) is 5.56 Å². The highest BCUT2D eigenvalue weighted by Crippen LogP contribution is 2.64. The van der Waals surface area contributed by atoms with Crippen molar-refractivity contribution in [3.63, 3.8) is 0 Å². The molecule has 2 aromatic carbocycles. The minimum absolute atomic E-state index is 0.0809. The molecule has 1 saturated heterocycles. The molecule has 3 amide bonds. The molecule has 1 aliphatic heterocycles. The van der Waals surface area contributed by atoms with E-state index in [0.29, 0.717) is 25.2 Å². The van der Waals surface area contributed by atoms with E-state index in [1.54, 1.807) is 7.11 Å². The topological polar surface area (TPSA) is 107 Å². The maximum Gasteiger partial charge on any atom is 0.418 e. The summed E-state index contributed by atoms with van der Waals surface area (Å²) < 4.78 is 5.57. The average Bonchev–Trinajstić information content (AvgIpc) is 3.05. The number of nitrogens with zero attached hydrogens (tertiary/aromatic N) is 1. The summed E-state index contributed by atoms with van der Waals surface area (Å²) in [7, 11) is 1.65. The lowest BCUT2D eigenvalue weighted by Gasteiger charge is -2.55. The second kappa shape index (κ2) is 9.61. The first-order chi connectivity index (χ1) is 17.3. The molecule has 192 valence electrons. The van der Waals surface area contributed by atoms with Crippen LogP contribution in [-0.4, -0.2) is 53.8 Å². The minimum Gasteiger partial charge on any atom is -0.497 e. The van der Waals surface area contributed by atoms with Gasteiger partial charge in [-0.25, -0.2) is 10.1 Å². The summed E-state index contributed by atoms with van der Waals surface area (Å²) in [6, 6.07) is 16.1. The number of methoxy groups -OCH3 is 1. The third kappa shape index (κ3) is 4.13. The van der Waals surface area contributed by atoms with E-state index in [1.807, 2.05) is 18.2 Å². The van der Waals surface area contributed by atoms with Gasteiger partial charge in [-0.05, 0) is 86.7 Å². The summed E-state index contributed by atoms with van der Waals surface area (Å²) in [4.78, 5) is 26.9. The van der Waals surface area contributed by atoms with Crippen molar-refractivity contribution in [3.05, 3.63) is 65.2 Å². The highest BCUT2D eigenvalue weighted by atomic mass is 16.5. The van der Waals surface area contributed by atoms with Crippen LogP contribution in [0.2, 0.25) is 0 Å². The molecule has 0 radical (unpaired) electrons. The normalized spacial score (nSPS) is 31.2. The van der Waals surface area contributed by atoms with Crippen molar-refractivity contribution >= 4 is 11.9 Å². The largest absolute Gasteiger partial charge is 0.497 e. The zero-order valence-electron chi connectivity index (χ0n) is 21.3. The van der Waals surface area contributed by atoms with Gasteiger partial charge in [0, 0.05) is 23.9 Å². The van der Waals surface area contributed by atoms with Gasteiger partial charge in [-0.3, -0.25) is 15.4 Å². The number of amides is 3. The highest BCUT2D eigenvalue weighted by Gasteiger charge is 2.70. The molecule has 1 unspecified atom stereocenters. The number of nitrogens with one attached hydrogen (secondary N) is 1. The van der Waals surface area contributed by atoms with E-state index in [4.69, 9.17) is 4.74 Å². The predicted octanol–water partition coefficient (Wildman–Crippen LogP) is 2.59. The smallest absolute Gasteiger partial charge is 0.418 e. The summed E-state index contributed by atoms with van der Waals surface area (Å²) >= 11 is 0. The third-order valence-electron chi connectivity index (χ3n) is 9.05. The number of ether oxygens (including phenoxy) is 1. The Kier molecular flexibility index (Phi) is 6.66.